The van der Waals surface area contributed by atoms with Crippen LogP contribution in [0.4, 0.5) is 0 Å². The van der Waals surface area contributed by atoms with Gasteiger partial charge in [-0.15, -0.1) is 0 Å². The molecular weight excluding hydrogens is 196 g/mol. The van der Waals surface area contributed by atoms with E-state index >= 15 is 0 Å². The third-order valence-electron chi connectivity index (χ3n) is 2.30. The smallest absolute Gasteiger partial charge is 0.0820 e. The topological polar surface area (TPSA) is 20.2 Å². The average molecular weight is 218 g/mol. The fraction of sp³-hybridized carbons (Fsp3) is 0.333. The van der Waals surface area contributed by atoms with Crippen LogP contribution in [-0.2, 0) is 0 Å². The van der Waals surface area contributed by atoms with E-state index in [1.54, 1.807) is 0 Å². The average Bonchev–Trinajstić information content (AvgIpc) is 2.09. The van der Waals surface area contributed by atoms with Crippen molar-refractivity contribution in [3.05, 3.63) is 53.3 Å². The summed E-state index contributed by atoms with van der Waals surface area (Å²) >= 11 is 0. The van der Waals surface area contributed by atoms with Gasteiger partial charge in [0.05, 0.1) is 5.76 Å². The fourth-order valence-electron chi connectivity index (χ4n) is 1.42. The van der Waals surface area contributed by atoms with E-state index in [-0.39, 0.29) is 5.76 Å². The van der Waals surface area contributed by atoms with E-state index in [1.807, 2.05) is 0 Å². The zero-order valence-corrected chi connectivity index (χ0v) is 11.0. The van der Waals surface area contributed by atoms with E-state index < -0.39 is 0 Å². The number of hydrogen-bond acceptors (Lipinski definition) is 1. The van der Waals surface area contributed by atoms with Crippen LogP contribution in [0.2, 0.25) is 0 Å². The van der Waals surface area contributed by atoms with Gasteiger partial charge in [0.15, 0.2) is 0 Å². The minimum atomic E-state index is 0.167. The van der Waals surface area contributed by atoms with Crippen molar-refractivity contribution in [2.45, 2.75) is 34.6 Å². The van der Waals surface area contributed by atoms with Gasteiger partial charge >= 0.3 is 0 Å². The van der Waals surface area contributed by atoms with Crippen molar-refractivity contribution in [3.8, 4) is 0 Å². The summed E-state index contributed by atoms with van der Waals surface area (Å²) in [5, 5.41) is 7.86. The van der Waals surface area contributed by atoms with Crippen molar-refractivity contribution in [1.82, 2.24) is 0 Å². The van der Waals surface area contributed by atoms with Gasteiger partial charge in [0.2, 0.25) is 0 Å². The van der Waals surface area contributed by atoms with Gasteiger partial charge in [0.25, 0.3) is 0 Å². The third kappa shape index (κ3) is 4.83. The lowest BCUT2D eigenvalue weighted by atomic mass is 9.97. The van der Waals surface area contributed by atoms with Crippen LogP contribution in [0.25, 0.3) is 5.57 Å². The van der Waals surface area contributed by atoms with Crippen LogP contribution in [0.1, 0.15) is 36.1 Å². The standard InChI is InChI=1S/C12H16.C3H6O/c1-8(2)12-7-10(4)9(3)6-11(12)5;1-3(2)4/h6-7H,1H2,2-5H3;4H,1H2,2H3. The highest BCUT2D eigenvalue weighted by Crippen LogP contribution is 2.20. The van der Waals surface area contributed by atoms with Crippen molar-refractivity contribution in [3.63, 3.8) is 0 Å². The predicted octanol–water partition coefficient (Wildman–Crippen LogP) is 4.72. The van der Waals surface area contributed by atoms with Gasteiger partial charge in [0.1, 0.15) is 0 Å². The van der Waals surface area contributed by atoms with Gasteiger partial charge in [-0.2, -0.15) is 0 Å². The fourth-order valence-corrected chi connectivity index (χ4v) is 1.42. The number of rotatable bonds is 1. The van der Waals surface area contributed by atoms with Crippen molar-refractivity contribution in [2.24, 2.45) is 0 Å². The molecule has 0 saturated carbocycles. The Hall–Kier alpha value is -1.50. The Bertz CT molecular complexity index is 396. The molecule has 0 atom stereocenters. The highest BCUT2D eigenvalue weighted by atomic mass is 16.3. The van der Waals surface area contributed by atoms with Crippen LogP contribution in [0.3, 0.4) is 0 Å². The maximum absolute atomic E-state index is 7.86. The molecule has 0 unspecified atom stereocenters. The highest BCUT2D eigenvalue weighted by Gasteiger charge is 2.01. The molecule has 0 saturated heterocycles. The molecule has 0 aliphatic rings. The number of aliphatic hydroxyl groups excluding tert-OH is 1. The number of benzene rings is 1. The summed E-state index contributed by atoms with van der Waals surface area (Å²) in [7, 11) is 0. The second kappa shape index (κ2) is 6.16. The Morgan fingerprint density at radius 1 is 0.938 bits per heavy atom. The number of aryl methyl sites for hydroxylation is 3. The summed E-state index contributed by atoms with van der Waals surface area (Å²) in [5.41, 5.74) is 6.47. The van der Waals surface area contributed by atoms with Gasteiger partial charge < -0.3 is 5.11 Å². The molecule has 0 aliphatic heterocycles. The van der Waals surface area contributed by atoms with Gasteiger partial charge in [0, 0.05) is 0 Å². The maximum atomic E-state index is 7.86. The monoisotopic (exact) mass is 218 g/mol. The number of hydrogen-bond donors (Lipinski definition) is 1. The summed E-state index contributed by atoms with van der Waals surface area (Å²) in [4.78, 5) is 0. The third-order valence-corrected chi connectivity index (χ3v) is 2.30. The van der Waals surface area contributed by atoms with Crippen LogP contribution in [-0.4, -0.2) is 5.11 Å². The summed E-state index contributed by atoms with van der Waals surface area (Å²) in [6.45, 7) is 17.1. The number of aliphatic hydroxyl groups is 1. The second-order valence-corrected chi connectivity index (χ2v) is 4.27. The highest BCUT2D eigenvalue weighted by molar-refractivity contribution is 5.65. The first-order valence-electron chi connectivity index (χ1n) is 5.34. The molecule has 0 aromatic heterocycles. The van der Waals surface area contributed by atoms with E-state index in [1.165, 1.54) is 29.2 Å². The van der Waals surface area contributed by atoms with E-state index in [0.717, 1.165) is 5.57 Å². The molecule has 0 heterocycles. The molecule has 1 heteroatoms. The van der Waals surface area contributed by atoms with Crippen molar-refractivity contribution < 1.29 is 5.11 Å². The lowest BCUT2D eigenvalue weighted by Gasteiger charge is -2.08. The first kappa shape index (κ1) is 14.5. The lowest BCUT2D eigenvalue weighted by molar-refractivity contribution is 0.417. The predicted molar refractivity (Wildman–Crippen MR) is 72.8 cm³/mol. The van der Waals surface area contributed by atoms with Crippen molar-refractivity contribution in [1.29, 1.82) is 0 Å². The second-order valence-electron chi connectivity index (χ2n) is 4.27. The zero-order chi connectivity index (χ0) is 12.9. The normalized spacial score (nSPS) is 9.06. The molecule has 0 fully saturated rings. The Morgan fingerprint density at radius 3 is 1.69 bits per heavy atom. The summed E-state index contributed by atoms with van der Waals surface area (Å²) < 4.78 is 0. The molecule has 0 aliphatic carbocycles. The molecule has 1 aromatic rings. The maximum Gasteiger partial charge on any atom is 0.0820 e. The molecule has 1 rings (SSSR count). The summed E-state index contributed by atoms with van der Waals surface area (Å²) in [5.74, 6) is 0.167. The molecule has 1 aromatic carbocycles. The molecule has 88 valence electrons. The van der Waals surface area contributed by atoms with Crippen LogP contribution in [0, 0.1) is 20.8 Å². The molecule has 1 nitrogen and oxygen atoms in total. The molecular formula is C15H22O. The minimum Gasteiger partial charge on any atom is -0.513 e. The van der Waals surface area contributed by atoms with Crippen molar-refractivity contribution in [2.75, 3.05) is 0 Å². The van der Waals surface area contributed by atoms with Gasteiger partial charge in [-0.1, -0.05) is 30.9 Å². The minimum absolute atomic E-state index is 0.167. The molecule has 0 radical (unpaired) electrons. The Balaban J connectivity index is 0.000000487. The quantitative estimate of drug-likeness (QED) is 0.676. The van der Waals surface area contributed by atoms with E-state index in [4.69, 9.17) is 5.11 Å². The first-order chi connectivity index (χ1) is 7.25. The zero-order valence-electron chi connectivity index (χ0n) is 11.0. The molecule has 0 amide bonds. The largest absolute Gasteiger partial charge is 0.513 e. The molecule has 0 spiro atoms. The van der Waals surface area contributed by atoms with Crippen LogP contribution in [0.15, 0.2) is 31.0 Å². The molecule has 0 bridgehead atoms. The molecule has 1 N–H and O–H groups in total. The van der Waals surface area contributed by atoms with Gasteiger partial charge in [-0.05, 0) is 56.9 Å². The first-order valence-corrected chi connectivity index (χ1v) is 5.34. The van der Waals surface area contributed by atoms with Crippen LogP contribution >= 0.6 is 0 Å². The summed E-state index contributed by atoms with van der Waals surface area (Å²) in [6.07, 6.45) is 0. The van der Waals surface area contributed by atoms with E-state index in [9.17, 15) is 0 Å². The van der Waals surface area contributed by atoms with Gasteiger partial charge in [-0.3, -0.25) is 0 Å². The Morgan fingerprint density at radius 2 is 1.31 bits per heavy atom. The number of allylic oxidation sites excluding steroid dienone is 2. The molecule has 16 heavy (non-hydrogen) atoms. The summed E-state index contributed by atoms with van der Waals surface area (Å²) in [6, 6.07) is 4.44. The van der Waals surface area contributed by atoms with Gasteiger partial charge in [-0.25, -0.2) is 0 Å². The Labute approximate surface area is 99.1 Å². The van der Waals surface area contributed by atoms with Crippen LogP contribution < -0.4 is 0 Å². The van der Waals surface area contributed by atoms with E-state index in [0.29, 0.717) is 0 Å². The van der Waals surface area contributed by atoms with Crippen molar-refractivity contribution >= 4 is 5.57 Å². The van der Waals surface area contributed by atoms with Crippen LogP contribution in [0.5, 0.6) is 0 Å². The SMILES string of the molecule is C=C(C)O.C=C(C)c1cc(C)c(C)cc1C. The Kier molecular flexibility index (Phi) is 5.59. The van der Waals surface area contributed by atoms with E-state index in [2.05, 4.69) is 53.0 Å². The lowest BCUT2D eigenvalue weighted by Crippen LogP contribution is -1.89.